The molecule has 0 aliphatic carbocycles. The molecule has 0 aliphatic rings. The summed E-state index contributed by atoms with van der Waals surface area (Å²) in [5.74, 6) is -0.115. The van der Waals surface area contributed by atoms with Gasteiger partial charge in [-0.25, -0.2) is 4.79 Å². The van der Waals surface area contributed by atoms with Gasteiger partial charge in [-0.05, 0) is 32.6 Å². The molecule has 0 amide bonds. The number of ketones is 1. The zero-order valence-electron chi connectivity index (χ0n) is 15.9. The average molecular weight is 360 g/mol. The van der Waals surface area contributed by atoms with Gasteiger partial charge in [0.2, 0.25) is 0 Å². The molecule has 25 heavy (non-hydrogen) atoms. The SMILES string of the molecule is CCCC(=O)OCC(C)(COC)COC(=O)OCCCCCC(C)=O. The molecule has 0 saturated carbocycles. The van der Waals surface area contributed by atoms with Gasteiger partial charge >= 0.3 is 12.1 Å². The standard InChI is InChI=1S/C18H32O7/c1-5-9-16(20)24-13-18(3,12-22-4)14-25-17(21)23-11-8-6-7-10-15(2)19/h5-14H2,1-4H3. The molecule has 0 spiro atoms. The van der Waals surface area contributed by atoms with Crippen molar-refractivity contribution in [3.63, 3.8) is 0 Å². The van der Waals surface area contributed by atoms with E-state index < -0.39 is 11.6 Å². The Kier molecular flexibility index (Phi) is 12.7. The van der Waals surface area contributed by atoms with Gasteiger partial charge in [0.1, 0.15) is 19.0 Å². The summed E-state index contributed by atoms with van der Waals surface area (Å²) in [6, 6.07) is 0. The maximum absolute atomic E-state index is 11.6. The number of methoxy groups -OCH3 is 1. The fourth-order valence-electron chi connectivity index (χ4n) is 2.09. The van der Waals surface area contributed by atoms with Crippen molar-refractivity contribution >= 4 is 17.9 Å². The van der Waals surface area contributed by atoms with Crippen LogP contribution in [0.5, 0.6) is 0 Å². The van der Waals surface area contributed by atoms with E-state index in [1.54, 1.807) is 6.92 Å². The molecule has 146 valence electrons. The van der Waals surface area contributed by atoms with Crippen LogP contribution in [0.15, 0.2) is 0 Å². The lowest BCUT2D eigenvalue weighted by molar-refractivity contribution is -0.149. The Labute approximate surface area is 150 Å². The van der Waals surface area contributed by atoms with Crippen molar-refractivity contribution in [1.82, 2.24) is 0 Å². The van der Waals surface area contributed by atoms with Crippen LogP contribution in [0.2, 0.25) is 0 Å². The second-order valence-corrected chi connectivity index (χ2v) is 6.55. The molecule has 0 radical (unpaired) electrons. The lowest BCUT2D eigenvalue weighted by Crippen LogP contribution is -2.35. The highest BCUT2D eigenvalue weighted by molar-refractivity contribution is 5.75. The van der Waals surface area contributed by atoms with E-state index in [0.29, 0.717) is 19.3 Å². The van der Waals surface area contributed by atoms with E-state index in [2.05, 4.69) is 0 Å². The van der Waals surface area contributed by atoms with Gasteiger partial charge in [0.15, 0.2) is 0 Å². The normalized spacial score (nSPS) is 13.0. The first-order valence-corrected chi connectivity index (χ1v) is 8.76. The zero-order valence-corrected chi connectivity index (χ0v) is 15.9. The Balaban J connectivity index is 4.04. The monoisotopic (exact) mass is 360 g/mol. The molecular weight excluding hydrogens is 328 g/mol. The lowest BCUT2D eigenvalue weighted by atomic mass is 9.94. The minimum absolute atomic E-state index is 0.0312. The summed E-state index contributed by atoms with van der Waals surface area (Å²) in [6.07, 6.45) is 3.17. The summed E-state index contributed by atoms with van der Waals surface area (Å²) in [5, 5.41) is 0. The van der Waals surface area contributed by atoms with Crippen molar-refractivity contribution in [1.29, 1.82) is 0 Å². The van der Waals surface area contributed by atoms with Crippen molar-refractivity contribution in [2.24, 2.45) is 5.41 Å². The lowest BCUT2D eigenvalue weighted by Gasteiger charge is -2.27. The average Bonchev–Trinajstić information content (AvgIpc) is 2.55. The summed E-state index contributed by atoms with van der Waals surface area (Å²) >= 11 is 0. The molecule has 0 saturated heterocycles. The molecule has 0 N–H and O–H groups in total. The third-order valence-corrected chi connectivity index (χ3v) is 3.46. The van der Waals surface area contributed by atoms with Crippen molar-refractivity contribution in [2.45, 2.75) is 59.3 Å². The third-order valence-electron chi connectivity index (χ3n) is 3.46. The highest BCUT2D eigenvalue weighted by Crippen LogP contribution is 2.19. The van der Waals surface area contributed by atoms with Gasteiger partial charge in [-0.3, -0.25) is 4.79 Å². The number of Topliss-reactive ketones (excluding diaryl/α,β-unsaturated/α-hetero) is 1. The maximum Gasteiger partial charge on any atom is 0.508 e. The van der Waals surface area contributed by atoms with Crippen molar-refractivity contribution in [2.75, 3.05) is 33.5 Å². The Morgan fingerprint density at radius 3 is 2.16 bits per heavy atom. The molecule has 0 fully saturated rings. The van der Waals surface area contributed by atoms with Crippen LogP contribution in [0.3, 0.4) is 0 Å². The second-order valence-electron chi connectivity index (χ2n) is 6.55. The van der Waals surface area contributed by atoms with Crippen LogP contribution in [0, 0.1) is 5.41 Å². The van der Waals surface area contributed by atoms with Crippen LogP contribution in [-0.2, 0) is 28.5 Å². The van der Waals surface area contributed by atoms with Gasteiger partial charge < -0.3 is 23.7 Å². The Hall–Kier alpha value is -1.63. The first-order valence-electron chi connectivity index (χ1n) is 8.76. The van der Waals surface area contributed by atoms with E-state index in [0.717, 1.165) is 19.3 Å². The predicted octanol–water partition coefficient (Wildman–Crippen LogP) is 3.29. The molecule has 0 aromatic rings. The van der Waals surface area contributed by atoms with E-state index in [9.17, 15) is 14.4 Å². The van der Waals surface area contributed by atoms with E-state index in [1.165, 1.54) is 7.11 Å². The van der Waals surface area contributed by atoms with Gasteiger partial charge in [-0.15, -0.1) is 0 Å². The Bertz CT molecular complexity index is 408. The highest BCUT2D eigenvalue weighted by Gasteiger charge is 2.29. The maximum atomic E-state index is 11.6. The number of ether oxygens (including phenoxy) is 4. The number of esters is 1. The first kappa shape index (κ1) is 23.4. The number of hydrogen-bond acceptors (Lipinski definition) is 7. The fourth-order valence-corrected chi connectivity index (χ4v) is 2.09. The highest BCUT2D eigenvalue weighted by atomic mass is 16.7. The summed E-state index contributed by atoms with van der Waals surface area (Å²) in [6.45, 7) is 5.94. The summed E-state index contributed by atoms with van der Waals surface area (Å²) < 4.78 is 20.4. The molecule has 0 bridgehead atoms. The van der Waals surface area contributed by atoms with Gasteiger partial charge in [0.05, 0.1) is 18.6 Å². The molecule has 0 rings (SSSR count). The van der Waals surface area contributed by atoms with E-state index in [-0.39, 0.29) is 38.2 Å². The molecule has 0 aromatic carbocycles. The van der Waals surface area contributed by atoms with E-state index in [4.69, 9.17) is 18.9 Å². The van der Waals surface area contributed by atoms with Gasteiger partial charge in [-0.2, -0.15) is 0 Å². The minimum atomic E-state index is -0.756. The third kappa shape index (κ3) is 13.3. The number of rotatable bonds is 14. The Morgan fingerprint density at radius 1 is 0.880 bits per heavy atom. The summed E-state index contributed by atoms with van der Waals surface area (Å²) in [7, 11) is 1.53. The van der Waals surface area contributed by atoms with Crippen molar-refractivity contribution < 1.29 is 33.3 Å². The van der Waals surface area contributed by atoms with Crippen LogP contribution in [0.1, 0.15) is 59.3 Å². The molecule has 7 heteroatoms. The molecule has 0 aromatic heterocycles. The smallest absolute Gasteiger partial charge is 0.465 e. The summed E-state index contributed by atoms with van der Waals surface area (Å²) in [5.41, 5.74) is -0.626. The van der Waals surface area contributed by atoms with Crippen molar-refractivity contribution in [3.05, 3.63) is 0 Å². The molecule has 7 nitrogen and oxygen atoms in total. The summed E-state index contributed by atoms with van der Waals surface area (Å²) in [4.78, 5) is 33.9. The van der Waals surface area contributed by atoms with Crippen molar-refractivity contribution in [3.8, 4) is 0 Å². The minimum Gasteiger partial charge on any atom is -0.465 e. The molecule has 1 unspecified atom stereocenters. The number of carbonyl (C=O) groups excluding carboxylic acids is 3. The van der Waals surface area contributed by atoms with Crippen LogP contribution in [-0.4, -0.2) is 51.4 Å². The molecule has 0 heterocycles. The first-order chi connectivity index (χ1) is 11.8. The van der Waals surface area contributed by atoms with Gasteiger partial charge in [0.25, 0.3) is 0 Å². The number of hydrogen-bond donors (Lipinski definition) is 0. The molecule has 0 aliphatic heterocycles. The zero-order chi connectivity index (χ0) is 19.1. The largest absolute Gasteiger partial charge is 0.508 e. The van der Waals surface area contributed by atoms with Crippen LogP contribution in [0.4, 0.5) is 4.79 Å². The Morgan fingerprint density at radius 2 is 1.56 bits per heavy atom. The van der Waals surface area contributed by atoms with E-state index >= 15 is 0 Å². The topological polar surface area (TPSA) is 88.1 Å². The van der Waals surface area contributed by atoms with Crippen LogP contribution in [0.25, 0.3) is 0 Å². The predicted molar refractivity (Wildman–Crippen MR) is 92.3 cm³/mol. The van der Waals surface area contributed by atoms with E-state index in [1.807, 2.05) is 13.8 Å². The van der Waals surface area contributed by atoms with Crippen LogP contribution < -0.4 is 0 Å². The second kappa shape index (κ2) is 13.6. The number of unbranched alkanes of at least 4 members (excludes halogenated alkanes) is 2. The van der Waals surface area contributed by atoms with Gasteiger partial charge in [-0.1, -0.05) is 13.8 Å². The van der Waals surface area contributed by atoms with Gasteiger partial charge in [0, 0.05) is 20.0 Å². The number of carbonyl (C=O) groups is 3. The molecular formula is C18H32O7. The quantitative estimate of drug-likeness (QED) is 0.347. The molecule has 1 atom stereocenters. The van der Waals surface area contributed by atoms with Crippen LogP contribution >= 0.6 is 0 Å². The fraction of sp³-hybridized carbons (Fsp3) is 0.833.